The minimum Gasteiger partial charge on any atom is -0.317 e. The molecule has 2 N–H and O–H groups in total. The van der Waals surface area contributed by atoms with Gasteiger partial charge in [0.05, 0.1) is 0 Å². The summed E-state index contributed by atoms with van der Waals surface area (Å²) in [4.78, 5) is 0. The molecule has 0 saturated carbocycles. The van der Waals surface area contributed by atoms with Crippen LogP contribution in [0.3, 0.4) is 0 Å². The first-order valence-electron chi connectivity index (χ1n) is 3.13. The third-order valence-electron chi connectivity index (χ3n) is 0.236. The SMILES string of the molecule is C=CCNO.[CH3][Al]([CH3])[CH3]. The largest absolute Gasteiger partial charge is 0.317 e. The first-order valence-corrected chi connectivity index (χ1v) is 6.59. The average Bonchev–Trinajstić information content (AvgIpc) is 1.66. The van der Waals surface area contributed by atoms with E-state index in [9.17, 15) is 0 Å². The second-order valence-electron chi connectivity index (χ2n) is 2.38. The molecule has 0 aromatic heterocycles. The number of rotatable bonds is 2. The molecule has 0 spiro atoms. The summed E-state index contributed by atoms with van der Waals surface area (Å²) in [6.45, 7) is 3.79. The molecule has 2 nitrogen and oxygen atoms in total. The molecule has 0 bridgehead atoms. The normalized spacial score (nSPS) is 7.11. The van der Waals surface area contributed by atoms with Crippen LogP contribution in [0, 0.1) is 0 Å². The van der Waals surface area contributed by atoms with E-state index in [1.54, 1.807) is 6.08 Å². The highest BCUT2D eigenvalue weighted by Crippen LogP contribution is 1.68. The van der Waals surface area contributed by atoms with E-state index >= 15 is 0 Å². The molecule has 0 atom stereocenters. The summed E-state index contributed by atoms with van der Waals surface area (Å²) in [6.07, 6.45) is 1.57. The molecule has 0 saturated heterocycles. The number of hydrogen-bond donors (Lipinski definition) is 2. The van der Waals surface area contributed by atoms with Crippen molar-refractivity contribution in [1.29, 1.82) is 0 Å². The molecule has 0 aromatic rings. The van der Waals surface area contributed by atoms with Crippen LogP contribution in [0.5, 0.6) is 0 Å². The van der Waals surface area contributed by atoms with Gasteiger partial charge in [0, 0.05) is 6.54 Å². The summed E-state index contributed by atoms with van der Waals surface area (Å²) >= 11 is -0.139. The van der Waals surface area contributed by atoms with E-state index in [-0.39, 0.29) is 14.1 Å². The topological polar surface area (TPSA) is 32.3 Å². The predicted octanol–water partition coefficient (Wildman–Crippen LogP) is 1.52. The van der Waals surface area contributed by atoms with Crippen LogP contribution < -0.4 is 5.48 Å². The van der Waals surface area contributed by atoms with E-state index in [0.29, 0.717) is 6.54 Å². The van der Waals surface area contributed by atoms with Crippen molar-refractivity contribution >= 4 is 14.1 Å². The van der Waals surface area contributed by atoms with Gasteiger partial charge >= 0.3 is 0 Å². The standard InChI is InChI=1S/C3H7NO.3CH3.Al/c1-2-3-4-5;;;;/h2,4-5H,1,3H2;3*1H3;. The quantitative estimate of drug-likeness (QED) is 0.351. The van der Waals surface area contributed by atoms with Crippen molar-refractivity contribution in [1.82, 2.24) is 5.48 Å². The van der Waals surface area contributed by atoms with Crippen LogP contribution in [0.4, 0.5) is 0 Å². The third kappa shape index (κ3) is 65.4. The summed E-state index contributed by atoms with van der Waals surface area (Å²) < 4.78 is 0. The smallest absolute Gasteiger partial charge is 0.251 e. The third-order valence-corrected chi connectivity index (χ3v) is 0.236. The Morgan fingerprint density at radius 1 is 1.56 bits per heavy atom. The molecule has 0 unspecified atom stereocenters. The van der Waals surface area contributed by atoms with Crippen molar-refractivity contribution in [3.63, 3.8) is 0 Å². The Balaban J connectivity index is 0. The van der Waals surface area contributed by atoms with Gasteiger partial charge in [-0.1, -0.05) is 6.08 Å². The summed E-state index contributed by atoms with van der Waals surface area (Å²) in [5, 5.41) is 7.74. The lowest BCUT2D eigenvalue weighted by atomic mass is 10.7. The van der Waals surface area contributed by atoms with Gasteiger partial charge in [-0.25, -0.2) is 5.48 Å². The summed E-state index contributed by atoms with van der Waals surface area (Å²) in [7, 11) is 0. The van der Waals surface area contributed by atoms with Crippen LogP contribution in [-0.4, -0.2) is 25.9 Å². The maximum absolute atomic E-state index is 7.74. The van der Waals surface area contributed by atoms with Crippen molar-refractivity contribution in [2.45, 2.75) is 17.4 Å². The molecule has 0 radical (unpaired) electrons. The minimum absolute atomic E-state index is 0.139. The second kappa shape index (κ2) is 11.1. The molecule has 0 fully saturated rings. The van der Waals surface area contributed by atoms with Gasteiger partial charge in [0.2, 0.25) is 0 Å². The predicted molar refractivity (Wildman–Crippen MR) is 43.3 cm³/mol. The summed E-state index contributed by atoms with van der Waals surface area (Å²) in [6, 6.07) is 0. The van der Waals surface area contributed by atoms with Gasteiger partial charge in [-0.3, -0.25) is 0 Å². The van der Waals surface area contributed by atoms with Gasteiger partial charge in [0.25, 0.3) is 14.1 Å². The number of hydroxylamine groups is 1. The Labute approximate surface area is 61.9 Å². The lowest BCUT2D eigenvalue weighted by molar-refractivity contribution is 0.180. The van der Waals surface area contributed by atoms with Crippen LogP contribution in [0.25, 0.3) is 0 Å². The van der Waals surface area contributed by atoms with Crippen molar-refractivity contribution in [2.24, 2.45) is 0 Å². The van der Waals surface area contributed by atoms with Crippen LogP contribution in [0.15, 0.2) is 12.7 Å². The van der Waals surface area contributed by atoms with Crippen LogP contribution in [0.2, 0.25) is 17.4 Å². The number of hydrogen-bond acceptors (Lipinski definition) is 2. The highest BCUT2D eigenvalue weighted by atomic mass is 27.2. The highest BCUT2D eigenvalue weighted by molar-refractivity contribution is 6.54. The maximum atomic E-state index is 7.74. The fourth-order valence-corrected chi connectivity index (χ4v) is 0.0645. The molecule has 0 aliphatic heterocycles. The fraction of sp³-hybridized carbons (Fsp3) is 0.667. The van der Waals surface area contributed by atoms with E-state index in [1.807, 2.05) is 5.48 Å². The van der Waals surface area contributed by atoms with E-state index in [4.69, 9.17) is 5.21 Å². The van der Waals surface area contributed by atoms with Crippen LogP contribution in [-0.2, 0) is 0 Å². The molecular weight excluding hydrogens is 129 g/mol. The zero-order valence-electron chi connectivity index (χ0n) is 6.52. The zero-order valence-corrected chi connectivity index (χ0v) is 7.67. The van der Waals surface area contributed by atoms with Crippen molar-refractivity contribution in [3.8, 4) is 0 Å². The van der Waals surface area contributed by atoms with Gasteiger partial charge < -0.3 is 5.21 Å². The number of nitrogens with one attached hydrogen (secondary N) is 1. The van der Waals surface area contributed by atoms with Crippen molar-refractivity contribution < 1.29 is 5.21 Å². The van der Waals surface area contributed by atoms with Crippen molar-refractivity contribution in [2.75, 3.05) is 6.54 Å². The maximum Gasteiger partial charge on any atom is 0.251 e. The van der Waals surface area contributed by atoms with Gasteiger partial charge in [0.1, 0.15) is 0 Å². The molecule has 0 aliphatic rings. The molecular formula is C6H16AlNO. The molecule has 0 heterocycles. The first-order chi connectivity index (χ1) is 4.15. The Morgan fingerprint density at radius 2 is 1.89 bits per heavy atom. The van der Waals surface area contributed by atoms with E-state index < -0.39 is 0 Å². The molecule has 0 aromatic carbocycles. The monoisotopic (exact) mass is 145 g/mol. The minimum atomic E-state index is -0.139. The Morgan fingerprint density at radius 3 is 1.89 bits per heavy atom. The van der Waals surface area contributed by atoms with E-state index in [2.05, 4.69) is 23.9 Å². The Hall–Kier alpha value is 0.192. The molecule has 0 rings (SSSR count). The average molecular weight is 145 g/mol. The van der Waals surface area contributed by atoms with Crippen LogP contribution >= 0.6 is 0 Å². The highest BCUT2D eigenvalue weighted by Gasteiger charge is 1.81. The lowest BCUT2D eigenvalue weighted by Gasteiger charge is -1.78. The van der Waals surface area contributed by atoms with Gasteiger partial charge in [-0.15, -0.1) is 23.9 Å². The second-order valence-corrected chi connectivity index (χ2v) is 5.85. The first kappa shape index (κ1) is 11.9. The van der Waals surface area contributed by atoms with Gasteiger partial charge in [0.15, 0.2) is 0 Å². The Kier molecular flexibility index (Phi) is 14.6. The van der Waals surface area contributed by atoms with Crippen LogP contribution in [0.1, 0.15) is 0 Å². The molecule has 54 valence electrons. The molecule has 0 amide bonds. The lowest BCUT2D eigenvalue weighted by Crippen LogP contribution is -2.04. The summed E-state index contributed by atoms with van der Waals surface area (Å²) in [5.41, 5.74) is 1.90. The van der Waals surface area contributed by atoms with E-state index in [0.717, 1.165) is 0 Å². The van der Waals surface area contributed by atoms with Gasteiger partial charge in [-0.2, -0.15) is 0 Å². The molecule has 0 aliphatic carbocycles. The fourth-order valence-electron chi connectivity index (χ4n) is 0.0645. The van der Waals surface area contributed by atoms with Crippen molar-refractivity contribution in [3.05, 3.63) is 12.7 Å². The zero-order chi connectivity index (χ0) is 7.70. The molecule has 9 heavy (non-hydrogen) atoms. The Bertz CT molecular complexity index is 54.3. The molecule has 3 heteroatoms. The van der Waals surface area contributed by atoms with Gasteiger partial charge in [-0.05, 0) is 0 Å². The summed E-state index contributed by atoms with van der Waals surface area (Å²) in [5.74, 6) is 6.92. The van der Waals surface area contributed by atoms with E-state index in [1.165, 1.54) is 0 Å².